The molecule has 24 heavy (non-hydrogen) atoms. The van der Waals surface area contributed by atoms with Crippen molar-refractivity contribution in [3.05, 3.63) is 71.9 Å². The number of nitrogens with zero attached hydrogens (tertiary/aromatic N) is 2. The van der Waals surface area contributed by atoms with E-state index in [0.717, 1.165) is 23.6 Å². The van der Waals surface area contributed by atoms with Gasteiger partial charge in [0.1, 0.15) is 11.5 Å². The van der Waals surface area contributed by atoms with Gasteiger partial charge in [-0.25, -0.2) is 4.39 Å². The molecular formula is C17H11F4N3. The molecular weight excluding hydrogens is 322 g/mol. The molecule has 0 spiro atoms. The van der Waals surface area contributed by atoms with Crippen LogP contribution >= 0.6 is 0 Å². The van der Waals surface area contributed by atoms with Crippen molar-refractivity contribution in [2.75, 3.05) is 5.32 Å². The summed E-state index contributed by atoms with van der Waals surface area (Å²) in [7, 11) is 0. The quantitative estimate of drug-likeness (QED) is 0.701. The normalized spacial score (nSPS) is 12.4. The number of aromatic nitrogens is 2. The van der Waals surface area contributed by atoms with Crippen LogP contribution in [-0.2, 0) is 0 Å². The molecule has 0 bridgehead atoms. The lowest BCUT2D eigenvalue weighted by atomic mass is 10.1. The average molecular weight is 333 g/mol. The van der Waals surface area contributed by atoms with Crippen molar-refractivity contribution in [2.24, 2.45) is 0 Å². The van der Waals surface area contributed by atoms with Crippen LogP contribution in [0.5, 0.6) is 0 Å². The Morgan fingerprint density at radius 1 is 0.917 bits per heavy atom. The summed E-state index contributed by atoms with van der Waals surface area (Å²) in [6.07, 6.45) is -0.663. The molecule has 2 aromatic carbocycles. The van der Waals surface area contributed by atoms with Gasteiger partial charge in [-0.05, 0) is 35.9 Å². The van der Waals surface area contributed by atoms with E-state index in [4.69, 9.17) is 0 Å². The fourth-order valence-electron chi connectivity index (χ4n) is 2.14. The van der Waals surface area contributed by atoms with Gasteiger partial charge in [-0.1, -0.05) is 18.2 Å². The Hall–Kier alpha value is -2.96. The van der Waals surface area contributed by atoms with Gasteiger partial charge in [0, 0.05) is 16.5 Å². The van der Waals surface area contributed by atoms with E-state index in [1.807, 2.05) is 0 Å². The van der Waals surface area contributed by atoms with Crippen molar-refractivity contribution >= 4 is 22.5 Å². The second-order valence-corrected chi connectivity index (χ2v) is 5.07. The van der Waals surface area contributed by atoms with Gasteiger partial charge in [-0.2, -0.15) is 23.4 Å². The Balaban J connectivity index is 1.95. The number of halogens is 4. The van der Waals surface area contributed by atoms with Crippen molar-refractivity contribution in [1.29, 1.82) is 0 Å². The molecule has 3 aromatic rings. The monoisotopic (exact) mass is 333 g/mol. The first-order valence-electron chi connectivity index (χ1n) is 6.94. The smallest absolute Gasteiger partial charge is 0.351 e. The number of nitrogens with one attached hydrogen (secondary N) is 1. The first kappa shape index (κ1) is 15.9. The van der Waals surface area contributed by atoms with Crippen molar-refractivity contribution in [3.8, 4) is 0 Å². The van der Waals surface area contributed by atoms with Gasteiger partial charge in [0.05, 0.1) is 12.4 Å². The number of rotatable bonds is 3. The van der Waals surface area contributed by atoms with E-state index in [1.54, 1.807) is 12.1 Å². The average Bonchev–Trinajstić information content (AvgIpc) is 2.55. The van der Waals surface area contributed by atoms with E-state index < -0.39 is 17.7 Å². The molecule has 0 saturated carbocycles. The number of alkyl halides is 3. The summed E-state index contributed by atoms with van der Waals surface area (Å²) < 4.78 is 52.7. The number of hydrogen-bond donors (Lipinski definition) is 1. The van der Waals surface area contributed by atoms with Gasteiger partial charge in [0.25, 0.3) is 0 Å². The molecule has 3 nitrogen and oxygen atoms in total. The first-order chi connectivity index (χ1) is 11.4. The van der Waals surface area contributed by atoms with Crippen LogP contribution < -0.4 is 5.32 Å². The second-order valence-electron chi connectivity index (χ2n) is 5.07. The lowest BCUT2D eigenvalue weighted by Crippen LogP contribution is -2.19. The number of allylic oxidation sites excluding steroid dienone is 1. The van der Waals surface area contributed by atoms with Crippen LogP contribution in [0.15, 0.2) is 60.6 Å². The minimum Gasteiger partial charge on any atom is -0.351 e. The number of hydrogen-bond acceptors (Lipinski definition) is 3. The maximum atomic E-state index is 13.3. The highest BCUT2D eigenvalue weighted by molar-refractivity contribution is 5.84. The van der Waals surface area contributed by atoms with Gasteiger partial charge in [0.2, 0.25) is 0 Å². The molecule has 1 N–H and O–H groups in total. The van der Waals surface area contributed by atoms with Crippen LogP contribution in [0.2, 0.25) is 0 Å². The summed E-state index contributed by atoms with van der Waals surface area (Å²) in [5.74, 6) is -0.510. The van der Waals surface area contributed by atoms with Crippen LogP contribution in [0.25, 0.3) is 16.8 Å². The minimum atomic E-state index is -4.58. The predicted molar refractivity (Wildman–Crippen MR) is 83.6 cm³/mol. The van der Waals surface area contributed by atoms with E-state index in [9.17, 15) is 17.6 Å². The largest absolute Gasteiger partial charge is 0.431 e. The Bertz CT molecular complexity index is 886. The lowest BCUT2D eigenvalue weighted by molar-refractivity contribution is -0.0893. The molecule has 0 aliphatic carbocycles. The van der Waals surface area contributed by atoms with E-state index in [-0.39, 0.29) is 11.3 Å². The second kappa shape index (κ2) is 6.27. The fraction of sp³-hybridized carbons (Fsp3) is 0.0588. The third-order valence-corrected chi connectivity index (χ3v) is 3.31. The molecule has 1 heterocycles. The maximum absolute atomic E-state index is 13.3. The molecule has 0 fully saturated rings. The Morgan fingerprint density at radius 2 is 1.58 bits per heavy atom. The Labute approximate surface area is 134 Å². The molecule has 0 saturated heterocycles. The molecule has 0 atom stereocenters. The lowest BCUT2D eigenvalue weighted by Gasteiger charge is -2.15. The zero-order valence-electron chi connectivity index (χ0n) is 12.2. The van der Waals surface area contributed by atoms with Gasteiger partial charge in [-0.15, -0.1) is 0 Å². The molecule has 7 heteroatoms. The summed E-state index contributed by atoms with van der Waals surface area (Å²) >= 11 is 0. The number of benzene rings is 2. The highest BCUT2D eigenvalue weighted by Gasteiger charge is 2.34. The third kappa shape index (κ3) is 3.68. The van der Waals surface area contributed by atoms with Gasteiger partial charge in [0.15, 0.2) is 0 Å². The maximum Gasteiger partial charge on any atom is 0.431 e. The van der Waals surface area contributed by atoms with Crippen LogP contribution in [0, 0.1) is 5.82 Å². The SMILES string of the molecule is Fc1ccc(C=C(Nc2ccc3cnncc3c2)C(F)(F)F)cc1. The van der Waals surface area contributed by atoms with Crippen molar-refractivity contribution in [2.45, 2.75) is 6.18 Å². The zero-order valence-corrected chi connectivity index (χ0v) is 12.2. The molecule has 3 rings (SSSR count). The zero-order chi connectivity index (χ0) is 17.2. The van der Waals surface area contributed by atoms with Crippen LogP contribution in [-0.4, -0.2) is 16.4 Å². The fourth-order valence-corrected chi connectivity index (χ4v) is 2.14. The molecule has 0 aliphatic heterocycles. The van der Waals surface area contributed by atoms with Gasteiger partial charge >= 0.3 is 6.18 Å². The molecule has 0 amide bonds. The van der Waals surface area contributed by atoms with Gasteiger partial charge < -0.3 is 5.32 Å². The molecule has 0 radical (unpaired) electrons. The van der Waals surface area contributed by atoms with E-state index in [0.29, 0.717) is 5.39 Å². The molecule has 1 aromatic heterocycles. The summed E-state index contributed by atoms with van der Waals surface area (Å²) in [4.78, 5) is 0. The Morgan fingerprint density at radius 3 is 2.25 bits per heavy atom. The van der Waals surface area contributed by atoms with Crippen molar-refractivity contribution < 1.29 is 17.6 Å². The van der Waals surface area contributed by atoms with Crippen molar-refractivity contribution in [3.63, 3.8) is 0 Å². The number of anilines is 1. The first-order valence-corrected chi connectivity index (χ1v) is 6.94. The Kier molecular flexibility index (Phi) is 4.16. The molecule has 0 unspecified atom stereocenters. The predicted octanol–water partition coefficient (Wildman–Crippen LogP) is 4.78. The van der Waals surface area contributed by atoms with E-state index in [1.165, 1.54) is 30.6 Å². The van der Waals surface area contributed by atoms with Crippen molar-refractivity contribution in [1.82, 2.24) is 10.2 Å². The van der Waals surface area contributed by atoms with E-state index >= 15 is 0 Å². The number of fused-ring (bicyclic) bond motifs is 1. The highest BCUT2D eigenvalue weighted by atomic mass is 19.4. The summed E-state index contributed by atoms with van der Waals surface area (Å²) in [6, 6.07) is 9.49. The van der Waals surface area contributed by atoms with E-state index in [2.05, 4.69) is 15.5 Å². The summed E-state index contributed by atoms with van der Waals surface area (Å²) in [5.41, 5.74) is -0.445. The minimum absolute atomic E-state index is 0.239. The third-order valence-electron chi connectivity index (χ3n) is 3.31. The molecule has 122 valence electrons. The standard InChI is InChI=1S/C17H11F4N3/c18-14-4-1-11(2-5-14)7-16(17(19,20)21)24-15-6-3-12-9-22-23-10-13(12)8-15/h1-10,24H. The highest BCUT2D eigenvalue weighted by Crippen LogP contribution is 2.29. The topological polar surface area (TPSA) is 37.8 Å². The van der Waals surface area contributed by atoms with Crippen LogP contribution in [0.1, 0.15) is 5.56 Å². The van der Waals surface area contributed by atoms with Crippen LogP contribution in [0.3, 0.4) is 0 Å². The summed E-state index contributed by atoms with van der Waals surface area (Å²) in [6.45, 7) is 0. The molecule has 0 aliphatic rings. The summed E-state index contributed by atoms with van der Waals surface area (Å²) in [5, 5.41) is 11.2. The van der Waals surface area contributed by atoms with Gasteiger partial charge in [-0.3, -0.25) is 0 Å². The van der Waals surface area contributed by atoms with Crippen LogP contribution in [0.4, 0.5) is 23.2 Å².